The number of nitrogens with one attached hydrogen (secondary N) is 2. The normalized spacial score (nSPS) is 9.61. The molecule has 0 atom stereocenters. The fourth-order valence-corrected chi connectivity index (χ4v) is 1.51. The van der Waals surface area contributed by atoms with Gasteiger partial charge in [0.1, 0.15) is 5.75 Å². The molecule has 0 aliphatic rings. The van der Waals surface area contributed by atoms with Crippen molar-refractivity contribution in [2.75, 3.05) is 18.5 Å². The van der Waals surface area contributed by atoms with E-state index in [2.05, 4.69) is 24.1 Å². The molecule has 4 heteroatoms. The van der Waals surface area contributed by atoms with Gasteiger partial charge >= 0.3 is 0 Å². The van der Waals surface area contributed by atoms with E-state index in [-0.39, 0.29) is 0 Å². The van der Waals surface area contributed by atoms with Gasteiger partial charge in [-0.1, -0.05) is 19.4 Å². The van der Waals surface area contributed by atoms with Gasteiger partial charge in [-0.2, -0.15) is 0 Å². The largest absolute Gasteiger partial charge is 0.494 e. The van der Waals surface area contributed by atoms with Crippen LogP contribution in [0.3, 0.4) is 0 Å². The summed E-state index contributed by atoms with van der Waals surface area (Å²) in [5, 5.41) is 6.69. The van der Waals surface area contributed by atoms with E-state index >= 15 is 0 Å². The summed E-state index contributed by atoms with van der Waals surface area (Å²) in [5.74, 6) is 0.888. The molecule has 0 aromatic heterocycles. The highest BCUT2D eigenvalue weighted by Crippen LogP contribution is 2.15. The molecule has 1 aromatic rings. The molecule has 1 aromatic carbocycles. The third-order valence-electron chi connectivity index (χ3n) is 2.29. The Balaban J connectivity index is 2.39. The van der Waals surface area contributed by atoms with Gasteiger partial charge < -0.3 is 15.4 Å². The molecular formula is C14H20N2OS. The molecule has 0 aliphatic heterocycles. The molecular weight excluding hydrogens is 244 g/mol. The number of unbranched alkanes of at least 4 members (excludes halogenated alkanes) is 1. The zero-order valence-electron chi connectivity index (χ0n) is 10.7. The Morgan fingerprint density at radius 1 is 1.39 bits per heavy atom. The highest BCUT2D eigenvalue weighted by atomic mass is 32.1. The van der Waals surface area contributed by atoms with Crippen molar-refractivity contribution in [2.45, 2.75) is 19.8 Å². The van der Waals surface area contributed by atoms with Crippen molar-refractivity contribution in [3.05, 3.63) is 36.9 Å². The SMILES string of the molecule is C=CCNC(=S)Nc1ccc(OCCCC)cc1. The maximum absolute atomic E-state index is 5.58. The van der Waals surface area contributed by atoms with Crippen LogP contribution in [0.2, 0.25) is 0 Å². The smallest absolute Gasteiger partial charge is 0.171 e. The van der Waals surface area contributed by atoms with Crippen LogP contribution in [0.1, 0.15) is 19.8 Å². The van der Waals surface area contributed by atoms with Crippen molar-refractivity contribution in [3.63, 3.8) is 0 Å². The summed E-state index contributed by atoms with van der Waals surface area (Å²) >= 11 is 5.12. The second-order valence-corrected chi connectivity index (χ2v) is 4.26. The maximum atomic E-state index is 5.58. The Morgan fingerprint density at radius 3 is 2.72 bits per heavy atom. The maximum Gasteiger partial charge on any atom is 0.171 e. The lowest BCUT2D eigenvalue weighted by molar-refractivity contribution is 0.309. The van der Waals surface area contributed by atoms with Gasteiger partial charge in [-0.15, -0.1) is 6.58 Å². The van der Waals surface area contributed by atoms with Crippen LogP contribution in [0.25, 0.3) is 0 Å². The van der Waals surface area contributed by atoms with E-state index in [9.17, 15) is 0 Å². The number of hydrogen-bond donors (Lipinski definition) is 2. The van der Waals surface area contributed by atoms with Gasteiger partial charge in [0.25, 0.3) is 0 Å². The Bertz CT molecular complexity index is 376. The van der Waals surface area contributed by atoms with Crippen LogP contribution in [-0.2, 0) is 0 Å². The summed E-state index contributed by atoms with van der Waals surface area (Å²) in [6, 6.07) is 7.77. The predicted octanol–water partition coefficient (Wildman–Crippen LogP) is 3.34. The number of ether oxygens (including phenoxy) is 1. The Hall–Kier alpha value is -1.55. The molecule has 1 rings (SSSR count). The van der Waals surface area contributed by atoms with Crippen molar-refractivity contribution < 1.29 is 4.74 Å². The quantitative estimate of drug-likeness (QED) is 0.449. The number of rotatable bonds is 7. The highest BCUT2D eigenvalue weighted by molar-refractivity contribution is 7.80. The summed E-state index contributed by atoms with van der Waals surface area (Å²) in [4.78, 5) is 0. The van der Waals surface area contributed by atoms with Gasteiger partial charge in [-0.3, -0.25) is 0 Å². The van der Waals surface area contributed by atoms with E-state index in [1.807, 2.05) is 24.3 Å². The lowest BCUT2D eigenvalue weighted by Crippen LogP contribution is -2.28. The molecule has 0 saturated heterocycles. The van der Waals surface area contributed by atoms with Gasteiger partial charge in [-0.25, -0.2) is 0 Å². The molecule has 0 aliphatic carbocycles. The van der Waals surface area contributed by atoms with Crippen molar-refractivity contribution in [1.82, 2.24) is 5.32 Å². The molecule has 98 valence electrons. The molecule has 3 nitrogen and oxygen atoms in total. The second-order valence-electron chi connectivity index (χ2n) is 3.85. The van der Waals surface area contributed by atoms with Crippen LogP contribution in [-0.4, -0.2) is 18.3 Å². The van der Waals surface area contributed by atoms with Crippen molar-refractivity contribution in [3.8, 4) is 5.75 Å². The molecule has 2 N–H and O–H groups in total. The van der Waals surface area contributed by atoms with Crippen LogP contribution in [0.4, 0.5) is 5.69 Å². The number of thiocarbonyl (C=S) groups is 1. The van der Waals surface area contributed by atoms with E-state index in [1.165, 1.54) is 0 Å². The molecule has 0 heterocycles. The molecule has 0 saturated carbocycles. The fraction of sp³-hybridized carbons (Fsp3) is 0.357. The van der Waals surface area contributed by atoms with E-state index in [0.717, 1.165) is 30.9 Å². The number of benzene rings is 1. The minimum absolute atomic E-state index is 0.592. The van der Waals surface area contributed by atoms with Crippen LogP contribution >= 0.6 is 12.2 Å². The lowest BCUT2D eigenvalue weighted by Gasteiger charge is -2.10. The summed E-state index contributed by atoms with van der Waals surface area (Å²) in [6.45, 7) is 7.19. The highest BCUT2D eigenvalue weighted by Gasteiger charge is 1.97. The zero-order valence-corrected chi connectivity index (χ0v) is 11.6. The fourth-order valence-electron chi connectivity index (χ4n) is 1.31. The van der Waals surface area contributed by atoms with E-state index in [1.54, 1.807) is 6.08 Å². The Labute approximate surface area is 114 Å². The standard InChI is InChI=1S/C14H20N2OS/c1-3-5-11-17-13-8-6-12(7-9-13)16-14(18)15-10-4-2/h4,6-9H,2-3,5,10-11H2,1H3,(H2,15,16,18). The topological polar surface area (TPSA) is 33.3 Å². The van der Waals surface area contributed by atoms with E-state index < -0.39 is 0 Å². The molecule has 0 spiro atoms. The summed E-state index contributed by atoms with van der Waals surface area (Å²) in [6.07, 6.45) is 3.98. The number of hydrogen-bond acceptors (Lipinski definition) is 2. The molecule has 0 radical (unpaired) electrons. The number of anilines is 1. The van der Waals surface area contributed by atoms with Crippen LogP contribution in [0.5, 0.6) is 5.75 Å². The third kappa shape index (κ3) is 5.68. The predicted molar refractivity (Wildman–Crippen MR) is 81.3 cm³/mol. The molecule has 18 heavy (non-hydrogen) atoms. The van der Waals surface area contributed by atoms with Crippen LogP contribution < -0.4 is 15.4 Å². The zero-order chi connectivity index (χ0) is 13.2. The van der Waals surface area contributed by atoms with Crippen molar-refractivity contribution in [1.29, 1.82) is 0 Å². The van der Waals surface area contributed by atoms with E-state index in [4.69, 9.17) is 17.0 Å². The van der Waals surface area contributed by atoms with Crippen LogP contribution in [0.15, 0.2) is 36.9 Å². The third-order valence-corrected chi connectivity index (χ3v) is 2.53. The Kier molecular flexibility index (Phi) is 6.87. The van der Waals surface area contributed by atoms with Gasteiger partial charge in [0.15, 0.2) is 5.11 Å². The summed E-state index contributed by atoms with van der Waals surface area (Å²) < 4.78 is 5.58. The van der Waals surface area contributed by atoms with Gasteiger partial charge in [0.2, 0.25) is 0 Å². The Morgan fingerprint density at radius 2 is 2.11 bits per heavy atom. The van der Waals surface area contributed by atoms with Crippen LogP contribution in [0, 0.1) is 0 Å². The summed E-state index contributed by atoms with van der Waals surface area (Å²) in [7, 11) is 0. The molecule has 0 unspecified atom stereocenters. The first-order chi connectivity index (χ1) is 8.76. The van der Waals surface area contributed by atoms with Gasteiger partial charge in [0, 0.05) is 12.2 Å². The monoisotopic (exact) mass is 264 g/mol. The summed E-state index contributed by atoms with van der Waals surface area (Å²) in [5.41, 5.74) is 0.944. The average molecular weight is 264 g/mol. The van der Waals surface area contributed by atoms with Crippen molar-refractivity contribution >= 4 is 23.0 Å². The lowest BCUT2D eigenvalue weighted by atomic mass is 10.3. The molecule has 0 fully saturated rings. The average Bonchev–Trinajstić information content (AvgIpc) is 2.39. The first-order valence-corrected chi connectivity index (χ1v) is 6.55. The molecule has 0 bridgehead atoms. The van der Waals surface area contributed by atoms with Crippen molar-refractivity contribution in [2.24, 2.45) is 0 Å². The van der Waals surface area contributed by atoms with Gasteiger partial charge in [0.05, 0.1) is 6.61 Å². The first kappa shape index (κ1) is 14.5. The molecule has 0 amide bonds. The van der Waals surface area contributed by atoms with E-state index in [0.29, 0.717) is 11.7 Å². The minimum atomic E-state index is 0.592. The van der Waals surface area contributed by atoms with Gasteiger partial charge in [-0.05, 0) is 42.9 Å². The first-order valence-electron chi connectivity index (χ1n) is 6.15. The second kappa shape index (κ2) is 8.53. The minimum Gasteiger partial charge on any atom is -0.494 e.